The first-order valence-corrected chi connectivity index (χ1v) is 10.1. The Bertz CT molecular complexity index is 1020. The van der Waals surface area contributed by atoms with E-state index in [4.69, 9.17) is 4.74 Å². The molecule has 0 radical (unpaired) electrons. The summed E-state index contributed by atoms with van der Waals surface area (Å²) in [5.41, 5.74) is 4.19. The number of hydrogen-bond acceptors (Lipinski definition) is 4. The lowest BCUT2D eigenvalue weighted by atomic mass is 10.0. The average Bonchev–Trinajstić information content (AvgIpc) is 3.26. The van der Waals surface area contributed by atoms with Gasteiger partial charge in [-0.3, -0.25) is 14.3 Å². The first kappa shape index (κ1) is 18.1. The monoisotopic (exact) mass is 392 g/mol. The van der Waals surface area contributed by atoms with Crippen molar-refractivity contribution in [3.63, 3.8) is 0 Å². The quantitative estimate of drug-likeness (QED) is 0.813. The molecule has 1 saturated heterocycles. The molecule has 29 heavy (non-hydrogen) atoms. The number of benzene rings is 1. The van der Waals surface area contributed by atoms with Crippen molar-refractivity contribution in [3.8, 4) is 0 Å². The number of carbonyl (C=O) groups excluding carboxylic acids is 2. The lowest BCUT2D eigenvalue weighted by Crippen LogP contribution is -2.32. The standard InChI is InChI=1S/C22H24N4O3/c1-12(14-7-6-13-4-3-5-15(13)8-14)26-19(9-18(25-26)21(27)23-2)22(28)24-20-16-10-29-11-17(16)20/h3,5-9,12,16-17,20H,4,10-11H2,1-2H3,(H,23,27)(H,24,28)/t12-,16-,17+,20?/m1/s1. The highest BCUT2D eigenvalue weighted by atomic mass is 16.5. The van der Waals surface area contributed by atoms with Crippen LogP contribution in [0.4, 0.5) is 0 Å². The fraction of sp³-hybridized carbons (Fsp3) is 0.409. The summed E-state index contributed by atoms with van der Waals surface area (Å²) in [4.78, 5) is 25.2. The first-order chi connectivity index (χ1) is 14.1. The van der Waals surface area contributed by atoms with Crippen LogP contribution in [-0.2, 0) is 11.2 Å². The maximum Gasteiger partial charge on any atom is 0.271 e. The number of nitrogens with one attached hydrogen (secondary N) is 2. The normalized spacial score (nSPS) is 24.7. The first-order valence-electron chi connectivity index (χ1n) is 10.1. The van der Waals surface area contributed by atoms with Gasteiger partial charge < -0.3 is 15.4 Å². The molecule has 2 aromatic rings. The second-order valence-corrected chi connectivity index (χ2v) is 8.04. The molecule has 1 aliphatic heterocycles. The zero-order valence-electron chi connectivity index (χ0n) is 16.5. The van der Waals surface area contributed by atoms with Gasteiger partial charge in [-0.1, -0.05) is 24.3 Å². The second-order valence-electron chi connectivity index (χ2n) is 8.04. The summed E-state index contributed by atoms with van der Waals surface area (Å²) in [6.45, 7) is 3.41. The van der Waals surface area contributed by atoms with Crippen molar-refractivity contribution in [3.05, 3.63) is 58.4 Å². The molecule has 0 spiro atoms. The highest BCUT2D eigenvalue weighted by Gasteiger charge is 2.55. The Kier molecular flexibility index (Phi) is 4.28. The van der Waals surface area contributed by atoms with Crippen LogP contribution in [0, 0.1) is 11.8 Å². The van der Waals surface area contributed by atoms with Crippen molar-refractivity contribution in [2.24, 2.45) is 11.8 Å². The molecule has 2 amide bonds. The van der Waals surface area contributed by atoms with E-state index in [1.807, 2.05) is 6.92 Å². The van der Waals surface area contributed by atoms with Gasteiger partial charge in [-0.25, -0.2) is 0 Å². The molecular formula is C22H24N4O3. The number of nitrogens with zero attached hydrogens (tertiary/aromatic N) is 2. The number of carbonyl (C=O) groups is 2. The van der Waals surface area contributed by atoms with Crippen molar-refractivity contribution < 1.29 is 14.3 Å². The lowest BCUT2D eigenvalue weighted by Gasteiger charge is -2.17. The zero-order chi connectivity index (χ0) is 20.1. The molecule has 1 saturated carbocycles. The van der Waals surface area contributed by atoms with Gasteiger partial charge in [0.25, 0.3) is 11.8 Å². The van der Waals surface area contributed by atoms with Crippen LogP contribution in [0.25, 0.3) is 6.08 Å². The highest BCUT2D eigenvalue weighted by Crippen LogP contribution is 2.44. The molecule has 2 fully saturated rings. The zero-order valence-corrected chi connectivity index (χ0v) is 16.5. The Morgan fingerprint density at radius 2 is 2.00 bits per heavy atom. The van der Waals surface area contributed by atoms with Gasteiger partial charge in [0.1, 0.15) is 5.69 Å². The van der Waals surface area contributed by atoms with E-state index in [1.165, 1.54) is 11.1 Å². The smallest absolute Gasteiger partial charge is 0.271 e. The van der Waals surface area contributed by atoms with E-state index in [2.05, 4.69) is 46.1 Å². The summed E-state index contributed by atoms with van der Waals surface area (Å²) in [6, 6.07) is 7.87. The molecule has 1 aromatic heterocycles. The van der Waals surface area contributed by atoms with Crippen LogP contribution in [-0.4, -0.2) is 47.9 Å². The van der Waals surface area contributed by atoms with Crippen molar-refractivity contribution in [1.82, 2.24) is 20.4 Å². The van der Waals surface area contributed by atoms with E-state index >= 15 is 0 Å². The summed E-state index contributed by atoms with van der Waals surface area (Å²) in [5, 5.41) is 10.2. The Morgan fingerprint density at radius 3 is 2.76 bits per heavy atom. The third-order valence-electron chi connectivity index (χ3n) is 6.33. The number of amides is 2. The molecule has 1 aromatic carbocycles. The maximum atomic E-state index is 13.0. The largest absolute Gasteiger partial charge is 0.381 e. The predicted molar refractivity (Wildman–Crippen MR) is 108 cm³/mol. The SMILES string of the molecule is CNC(=O)c1cc(C(=O)NC2[C@H]3COC[C@@H]23)n([C@H](C)c2ccc3c(c2)C=CC3)n1. The summed E-state index contributed by atoms with van der Waals surface area (Å²) < 4.78 is 7.06. The Hall–Kier alpha value is -2.93. The van der Waals surface area contributed by atoms with Crippen LogP contribution < -0.4 is 10.6 Å². The van der Waals surface area contributed by atoms with Gasteiger partial charge >= 0.3 is 0 Å². The minimum absolute atomic E-state index is 0.156. The number of aromatic nitrogens is 2. The average molecular weight is 392 g/mol. The van der Waals surface area contributed by atoms with Crippen molar-refractivity contribution in [1.29, 1.82) is 0 Å². The number of rotatable bonds is 5. The van der Waals surface area contributed by atoms with Gasteiger partial charge in [-0.15, -0.1) is 0 Å². The molecule has 2 N–H and O–H groups in total. The Labute approximate surface area is 169 Å². The Morgan fingerprint density at radius 1 is 1.21 bits per heavy atom. The molecule has 150 valence electrons. The summed E-state index contributed by atoms with van der Waals surface area (Å²) >= 11 is 0. The third kappa shape index (κ3) is 3.06. The van der Waals surface area contributed by atoms with Gasteiger partial charge in [0, 0.05) is 31.0 Å². The molecule has 7 heteroatoms. The van der Waals surface area contributed by atoms with Crippen molar-refractivity contribution in [2.45, 2.75) is 25.4 Å². The molecule has 2 aliphatic carbocycles. The molecule has 0 bridgehead atoms. The van der Waals surface area contributed by atoms with E-state index < -0.39 is 0 Å². The highest BCUT2D eigenvalue weighted by molar-refractivity contribution is 5.98. The van der Waals surface area contributed by atoms with Crippen LogP contribution in [0.3, 0.4) is 0 Å². The predicted octanol–water partition coefficient (Wildman–Crippen LogP) is 1.80. The fourth-order valence-electron chi connectivity index (χ4n) is 4.45. The molecule has 5 rings (SSSR count). The topological polar surface area (TPSA) is 85.3 Å². The van der Waals surface area contributed by atoms with E-state index in [1.54, 1.807) is 17.8 Å². The van der Waals surface area contributed by atoms with E-state index in [0.29, 0.717) is 30.7 Å². The van der Waals surface area contributed by atoms with Gasteiger partial charge in [0.15, 0.2) is 5.69 Å². The number of ether oxygens (including phenoxy) is 1. The minimum atomic E-state index is -0.307. The van der Waals surface area contributed by atoms with Crippen LogP contribution in [0.2, 0.25) is 0 Å². The molecular weight excluding hydrogens is 368 g/mol. The van der Waals surface area contributed by atoms with E-state index in [-0.39, 0.29) is 29.6 Å². The van der Waals surface area contributed by atoms with Gasteiger partial charge in [-0.2, -0.15) is 5.10 Å². The Balaban J connectivity index is 1.45. The number of hydrogen-bond donors (Lipinski definition) is 2. The van der Waals surface area contributed by atoms with Crippen LogP contribution in [0.15, 0.2) is 30.3 Å². The summed E-state index contributed by atoms with van der Waals surface area (Å²) in [7, 11) is 1.56. The number of allylic oxidation sites excluding steroid dienone is 1. The minimum Gasteiger partial charge on any atom is -0.381 e. The number of fused-ring (bicyclic) bond motifs is 2. The maximum absolute atomic E-state index is 13.0. The molecule has 3 aliphatic rings. The van der Waals surface area contributed by atoms with Gasteiger partial charge in [-0.05, 0) is 36.1 Å². The van der Waals surface area contributed by atoms with Crippen LogP contribution in [0.1, 0.15) is 50.6 Å². The van der Waals surface area contributed by atoms with E-state index in [9.17, 15) is 9.59 Å². The summed E-state index contributed by atoms with van der Waals surface area (Å²) in [5.74, 6) is 0.322. The molecule has 4 atom stereocenters. The van der Waals surface area contributed by atoms with Crippen molar-refractivity contribution in [2.75, 3.05) is 20.3 Å². The van der Waals surface area contributed by atoms with E-state index in [0.717, 1.165) is 12.0 Å². The molecule has 7 nitrogen and oxygen atoms in total. The van der Waals surface area contributed by atoms with Crippen molar-refractivity contribution >= 4 is 17.9 Å². The van der Waals surface area contributed by atoms with Crippen LogP contribution in [0.5, 0.6) is 0 Å². The summed E-state index contributed by atoms with van der Waals surface area (Å²) in [6.07, 6.45) is 5.21. The van der Waals surface area contributed by atoms with Crippen LogP contribution >= 0.6 is 0 Å². The fourth-order valence-corrected chi connectivity index (χ4v) is 4.45. The second kappa shape index (κ2) is 6.84. The molecule has 2 heterocycles. The van der Waals surface area contributed by atoms with Gasteiger partial charge in [0.05, 0.1) is 19.3 Å². The lowest BCUT2D eigenvalue weighted by molar-refractivity contribution is 0.0915. The third-order valence-corrected chi connectivity index (χ3v) is 6.33. The molecule has 1 unspecified atom stereocenters. The van der Waals surface area contributed by atoms with Gasteiger partial charge in [0.2, 0.25) is 0 Å².